The van der Waals surface area contributed by atoms with Gasteiger partial charge in [-0.25, -0.2) is 0 Å². The lowest BCUT2D eigenvalue weighted by molar-refractivity contribution is 1.17. The molecule has 1 nitrogen and oxygen atoms in total. The van der Waals surface area contributed by atoms with Crippen molar-refractivity contribution in [2.24, 2.45) is 0 Å². The Morgan fingerprint density at radius 3 is 1.26 bits per heavy atom. The third-order valence-corrected chi connectivity index (χ3v) is 6.62. The fraction of sp³-hybridized carbons (Fsp3) is 0.0417. The van der Waals surface area contributed by atoms with E-state index in [0.29, 0.717) is 5.88 Å². The molecule has 0 saturated heterocycles. The van der Waals surface area contributed by atoms with Gasteiger partial charge in [0.2, 0.25) is 0 Å². The van der Waals surface area contributed by atoms with E-state index >= 15 is 0 Å². The van der Waals surface area contributed by atoms with Gasteiger partial charge < -0.3 is 0 Å². The monoisotopic (exact) mass is 389 g/mol. The van der Waals surface area contributed by atoms with Crippen LogP contribution in [0, 0.1) is 0 Å². The van der Waals surface area contributed by atoms with E-state index in [4.69, 9.17) is 11.6 Å². The first-order chi connectivity index (χ1) is 13.4. The smallest absolute Gasteiger partial charge is 0.0647 e. The van der Waals surface area contributed by atoms with Crippen LogP contribution in [0.15, 0.2) is 115 Å². The van der Waals surface area contributed by atoms with Crippen LogP contribution in [0.25, 0.3) is 0 Å². The van der Waals surface area contributed by atoms with E-state index in [1.54, 1.807) is 6.20 Å². The van der Waals surface area contributed by atoms with Crippen LogP contribution in [0.3, 0.4) is 0 Å². The minimum absolute atomic E-state index is 0.446. The second kappa shape index (κ2) is 10.6. The minimum Gasteiger partial charge on any atom is -0.260 e. The molecule has 1 heterocycles. The van der Waals surface area contributed by atoms with E-state index in [1.807, 2.05) is 18.2 Å². The molecule has 4 aromatic rings. The zero-order valence-corrected chi connectivity index (χ0v) is 16.6. The molecule has 0 amide bonds. The predicted molar refractivity (Wildman–Crippen MR) is 119 cm³/mol. The zero-order valence-electron chi connectivity index (χ0n) is 14.9. The number of hydrogen-bond acceptors (Lipinski definition) is 1. The van der Waals surface area contributed by atoms with Crippen molar-refractivity contribution >= 4 is 35.4 Å². The Morgan fingerprint density at radius 1 is 0.556 bits per heavy atom. The highest BCUT2D eigenvalue weighted by molar-refractivity contribution is 7.79. The van der Waals surface area contributed by atoms with Crippen molar-refractivity contribution in [3.63, 3.8) is 0 Å². The van der Waals surface area contributed by atoms with Crippen LogP contribution in [-0.2, 0) is 5.88 Å². The molecule has 4 rings (SSSR count). The molecule has 0 unspecified atom stereocenters. The predicted octanol–water partition coefficient (Wildman–Crippen LogP) is 5.27. The molecule has 0 radical (unpaired) electrons. The number of hydrogen-bond donors (Lipinski definition) is 0. The van der Waals surface area contributed by atoms with Crippen LogP contribution < -0.4 is 15.9 Å². The molecule has 0 aliphatic rings. The number of nitrogens with zero attached hydrogens (tertiary/aromatic N) is 1. The lowest BCUT2D eigenvalue weighted by atomic mass is 10.4. The first kappa shape index (κ1) is 19.3. The molecule has 0 aliphatic carbocycles. The van der Waals surface area contributed by atoms with Gasteiger partial charge in [0.05, 0.1) is 11.6 Å². The summed E-state index contributed by atoms with van der Waals surface area (Å²) in [5.41, 5.74) is 0.925. The summed E-state index contributed by atoms with van der Waals surface area (Å²) in [6.07, 6.45) is 1.73. The van der Waals surface area contributed by atoms with Crippen molar-refractivity contribution in [3.8, 4) is 0 Å². The Morgan fingerprint density at radius 2 is 0.963 bits per heavy atom. The third-order valence-electron chi connectivity index (χ3n) is 3.91. The van der Waals surface area contributed by atoms with E-state index in [2.05, 4.69) is 96.0 Å². The average Bonchev–Trinajstić information content (AvgIpc) is 2.77. The summed E-state index contributed by atoms with van der Waals surface area (Å²) in [5.74, 6) is 0.501. The second-order valence-corrected chi connectivity index (χ2v) is 8.28. The lowest BCUT2D eigenvalue weighted by Gasteiger charge is -2.18. The molecule has 134 valence electrons. The highest BCUT2D eigenvalue weighted by atomic mass is 35.5. The average molecular weight is 390 g/mol. The topological polar surface area (TPSA) is 12.9 Å². The number of pyridine rings is 1. The van der Waals surface area contributed by atoms with Crippen LogP contribution in [0.2, 0.25) is 0 Å². The quantitative estimate of drug-likeness (QED) is 0.342. The molecular weight excluding hydrogens is 369 g/mol. The summed E-state index contributed by atoms with van der Waals surface area (Å²) in [4.78, 5) is 3.97. The standard InChI is InChI=1S/C18H15P.C6H6ClN/c1-4-10-16(11-5-1)19(17-12-6-2-7-13-17)18-14-8-3-9-15-18;7-5-6-3-1-2-4-8-6/h1-15H;1-4H,5H2. The summed E-state index contributed by atoms with van der Waals surface area (Å²) < 4.78 is 0. The SMILES string of the molecule is ClCc1ccccn1.c1ccc(P(c2ccccc2)c2ccccc2)cc1. The number of halogens is 1. The van der Waals surface area contributed by atoms with Gasteiger partial charge in [0.1, 0.15) is 0 Å². The molecule has 3 heteroatoms. The van der Waals surface area contributed by atoms with Gasteiger partial charge in [0.25, 0.3) is 0 Å². The Balaban J connectivity index is 0.000000221. The minimum atomic E-state index is -0.446. The van der Waals surface area contributed by atoms with Gasteiger partial charge in [-0.05, 0) is 36.0 Å². The van der Waals surface area contributed by atoms with E-state index in [1.165, 1.54) is 15.9 Å². The van der Waals surface area contributed by atoms with Crippen LogP contribution in [-0.4, -0.2) is 4.98 Å². The zero-order chi connectivity index (χ0) is 18.7. The van der Waals surface area contributed by atoms with Crippen molar-refractivity contribution in [1.82, 2.24) is 4.98 Å². The fourth-order valence-electron chi connectivity index (χ4n) is 2.66. The van der Waals surface area contributed by atoms with E-state index in [-0.39, 0.29) is 0 Å². The van der Waals surface area contributed by atoms with Gasteiger partial charge in [-0.1, -0.05) is 97.1 Å². The summed E-state index contributed by atoms with van der Waals surface area (Å²) in [6, 6.07) is 38.0. The molecule has 0 spiro atoms. The van der Waals surface area contributed by atoms with Crippen molar-refractivity contribution in [2.45, 2.75) is 5.88 Å². The number of aromatic nitrogens is 1. The summed E-state index contributed by atoms with van der Waals surface area (Å²) in [7, 11) is -0.446. The van der Waals surface area contributed by atoms with Crippen molar-refractivity contribution in [2.75, 3.05) is 0 Å². The van der Waals surface area contributed by atoms with E-state index < -0.39 is 7.92 Å². The van der Waals surface area contributed by atoms with Gasteiger partial charge in [0.15, 0.2) is 0 Å². The Hall–Kier alpha value is -2.47. The van der Waals surface area contributed by atoms with Gasteiger partial charge in [-0.3, -0.25) is 4.98 Å². The number of rotatable bonds is 4. The van der Waals surface area contributed by atoms with Crippen LogP contribution in [0.4, 0.5) is 0 Å². The largest absolute Gasteiger partial charge is 0.260 e. The molecule has 1 aromatic heterocycles. The normalized spacial score (nSPS) is 10.1. The van der Waals surface area contributed by atoms with Crippen molar-refractivity contribution in [3.05, 3.63) is 121 Å². The molecule has 0 bridgehead atoms. The van der Waals surface area contributed by atoms with Crippen LogP contribution >= 0.6 is 19.5 Å². The number of benzene rings is 3. The van der Waals surface area contributed by atoms with E-state index in [9.17, 15) is 0 Å². The second-order valence-electron chi connectivity index (χ2n) is 5.80. The van der Waals surface area contributed by atoms with Gasteiger partial charge in [0, 0.05) is 6.20 Å². The van der Waals surface area contributed by atoms with Gasteiger partial charge in [-0.15, -0.1) is 11.6 Å². The van der Waals surface area contributed by atoms with Crippen LogP contribution in [0.1, 0.15) is 5.69 Å². The fourth-order valence-corrected chi connectivity index (χ4v) is 5.12. The summed E-state index contributed by atoms with van der Waals surface area (Å²) >= 11 is 5.46. The third kappa shape index (κ3) is 5.76. The Kier molecular flexibility index (Phi) is 7.59. The Labute approximate surface area is 167 Å². The highest BCUT2D eigenvalue weighted by Gasteiger charge is 2.14. The highest BCUT2D eigenvalue weighted by Crippen LogP contribution is 2.32. The molecule has 27 heavy (non-hydrogen) atoms. The maximum atomic E-state index is 5.46. The maximum absolute atomic E-state index is 5.46. The lowest BCUT2D eigenvalue weighted by Crippen LogP contribution is -2.20. The van der Waals surface area contributed by atoms with Gasteiger partial charge >= 0.3 is 0 Å². The van der Waals surface area contributed by atoms with Gasteiger partial charge in [-0.2, -0.15) is 0 Å². The van der Waals surface area contributed by atoms with Crippen LogP contribution in [0.5, 0.6) is 0 Å². The number of alkyl halides is 1. The van der Waals surface area contributed by atoms with Crippen molar-refractivity contribution < 1.29 is 0 Å². The van der Waals surface area contributed by atoms with Crippen molar-refractivity contribution in [1.29, 1.82) is 0 Å². The maximum Gasteiger partial charge on any atom is 0.0647 e. The molecular formula is C24H21ClNP. The molecule has 0 aliphatic heterocycles. The summed E-state index contributed by atoms with van der Waals surface area (Å²) in [5, 5.41) is 4.19. The summed E-state index contributed by atoms with van der Waals surface area (Å²) in [6.45, 7) is 0. The molecule has 0 saturated carbocycles. The molecule has 0 N–H and O–H groups in total. The molecule has 0 atom stereocenters. The first-order valence-corrected chi connectivity index (χ1v) is 10.7. The molecule has 0 fully saturated rings. The Bertz CT molecular complexity index is 806. The van der Waals surface area contributed by atoms with E-state index in [0.717, 1.165) is 5.69 Å². The first-order valence-electron chi connectivity index (χ1n) is 8.79. The molecule has 3 aromatic carbocycles.